The maximum absolute atomic E-state index is 12.6. The van der Waals surface area contributed by atoms with Crippen LogP contribution in [0.2, 0.25) is 0 Å². The fraction of sp³-hybridized carbons (Fsp3) is 0.500. The molecule has 2 fully saturated rings. The van der Waals surface area contributed by atoms with Gasteiger partial charge in [0, 0.05) is 11.6 Å². The maximum atomic E-state index is 12.6. The summed E-state index contributed by atoms with van der Waals surface area (Å²) in [4.78, 5) is 37.3. The van der Waals surface area contributed by atoms with Crippen LogP contribution in [0.5, 0.6) is 0 Å². The fourth-order valence-electron chi connectivity index (χ4n) is 3.46. The molecular formula is C18H24ClN3O3S. The van der Waals surface area contributed by atoms with Gasteiger partial charge in [-0.2, -0.15) is 0 Å². The predicted octanol–water partition coefficient (Wildman–Crippen LogP) is 2.55. The smallest absolute Gasteiger partial charge is 0.289 e. The highest BCUT2D eigenvalue weighted by Gasteiger charge is 2.30. The van der Waals surface area contributed by atoms with Crippen LogP contribution in [-0.4, -0.2) is 40.3 Å². The van der Waals surface area contributed by atoms with Gasteiger partial charge in [-0.3, -0.25) is 19.3 Å². The summed E-state index contributed by atoms with van der Waals surface area (Å²) in [5.74, 6) is 0.220. The monoisotopic (exact) mass is 397 g/mol. The number of nitrogens with two attached hydrogens (primary N) is 1. The highest BCUT2D eigenvalue weighted by Crippen LogP contribution is 2.24. The van der Waals surface area contributed by atoms with E-state index in [4.69, 9.17) is 5.73 Å². The Balaban J connectivity index is 0.00000243. The molecule has 2 aliphatic rings. The molecule has 0 aromatic heterocycles. The summed E-state index contributed by atoms with van der Waals surface area (Å²) < 4.78 is 0. The Morgan fingerprint density at radius 3 is 2.73 bits per heavy atom. The molecule has 8 heteroatoms. The van der Waals surface area contributed by atoms with E-state index < -0.39 is 0 Å². The number of imide groups is 1. The molecule has 2 atom stereocenters. The summed E-state index contributed by atoms with van der Waals surface area (Å²) >= 11 is 1.02. The lowest BCUT2D eigenvalue weighted by Crippen LogP contribution is -2.44. The van der Waals surface area contributed by atoms with Crippen LogP contribution in [0.4, 0.5) is 4.79 Å². The van der Waals surface area contributed by atoms with Gasteiger partial charge in [0.05, 0.1) is 12.3 Å². The van der Waals surface area contributed by atoms with Crippen LogP contribution in [0, 0.1) is 5.92 Å². The van der Waals surface area contributed by atoms with Gasteiger partial charge >= 0.3 is 0 Å². The van der Waals surface area contributed by atoms with E-state index in [1.54, 1.807) is 18.2 Å². The fourth-order valence-corrected chi connectivity index (χ4v) is 4.18. The number of carbonyl (C=O) groups is 3. The van der Waals surface area contributed by atoms with Crippen LogP contribution in [0.3, 0.4) is 0 Å². The van der Waals surface area contributed by atoms with E-state index >= 15 is 0 Å². The molecule has 3 amide bonds. The highest BCUT2D eigenvalue weighted by atomic mass is 35.5. The molecule has 1 heterocycles. The van der Waals surface area contributed by atoms with Gasteiger partial charge in [0.1, 0.15) is 0 Å². The minimum Gasteiger partial charge on any atom is -0.349 e. The minimum absolute atomic E-state index is 0. The standard InChI is InChI=1S/C18H23N3O3S.ClH/c19-9-14-5-1-2-7-15(14)20-17(23)13-6-3-4-12(8-13)10-21-16(22)11-25-18(21)24;/h3-4,6,8,14-15H,1-2,5,7,9-11,19H2,(H,20,23);1H. The van der Waals surface area contributed by atoms with Crippen LogP contribution in [-0.2, 0) is 11.3 Å². The van der Waals surface area contributed by atoms with E-state index in [1.165, 1.54) is 11.3 Å². The van der Waals surface area contributed by atoms with Gasteiger partial charge in [-0.25, -0.2) is 0 Å². The van der Waals surface area contributed by atoms with Crippen molar-refractivity contribution >= 4 is 41.2 Å². The normalized spacial score (nSPS) is 22.9. The third kappa shape index (κ3) is 4.78. The minimum atomic E-state index is -0.229. The third-order valence-electron chi connectivity index (χ3n) is 4.90. The quantitative estimate of drug-likeness (QED) is 0.796. The Hall–Kier alpha value is -1.57. The Morgan fingerprint density at radius 2 is 2.04 bits per heavy atom. The maximum Gasteiger partial charge on any atom is 0.289 e. The number of nitrogens with zero attached hydrogens (tertiary/aromatic N) is 1. The van der Waals surface area contributed by atoms with Gasteiger partial charge in [-0.15, -0.1) is 12.4 Å². The third-order valence-corrected chi connectivity index (χ3v) is 5.76. The van der Waals surface area contributed by atoms with Crippen LogP contribution in [0.1, 0.15) is 41.6 Å². The van der Waals surface area contributed by atoms with E-state index in [2.05, 4.69) is 5.32 Å². The second kappa shape index (κ2) is 9.39. The van der Waals surface area contributed by atoms with Crippen molar-refractivity contribution in [3.05, 3.63) is 35.4 Å². The van der Waals surface area contributed by atoms with Crippen molar-refractivity contribution in [2.75, 3.05) is 12.3 Å². The molecule has 0 spiro atoms. The molecule has 2 unspecified atom stereocenters. The molecule has 3 rings (SSSR count). The molecule has 1 saturated carbocycles. The number of hydrogen-bond acceptors (Lipinski definition) is 5. The lowest BCUT2D eigenvalue weighted by Gasteiger charge is -2.31. The molecule has 142 valence electrons. The number of thioether (sulfide) groups is 1. The van der Waals surface area contributed by atoms with Crippen molar-refractivity contribution < 1.29 is 14.4 Å². The largest absolute Gasteiger partial charge is 0.349 e. The molecule has 1 aromatic carbocycles. The molecule has 1 aliphatic carbocycles. The molecule has 1 saturated heterocycles. The van der Waals surface area contributed by atoms with E-state index in [-0.39, 0.29) is 47.8 Å². The molecule has 6 nitrogen and oxygen atoms in total. The number of benzene rings is 1. The number of halogens is 1. The van der Waals surface area contributed by atoms with Gasteiger partial charge < -0.3 is 11.1 Å². The number of hydrogen-bond donors (Lipinski definition) is 2. The zero-order chi connectivity index (χ0) is 17.8. The number of nitrogens with one attached hydrogen (secondary N) is 1. The summed E-state index contributed by atoms with van der Waals surface area (Å²) in [6.45, 7) is 0.794. The first-order valence-electron chi connectivity index (χ1n) is 8.65. The van der Waals surface area contributed by atoms with Crippen LogP contribution in [0.15, 0.2) is 24.3 Å². The zero-order valence-electron chi connectivity index (χ0n) is 14.5. The summed E-state index contributed by atoms with van der Waals surface area (Å²) in [5, 5.41) is 2.88. The first-order chi connectivity index (χ1) is 12.1. The van der Waals surface area contributed by atoms with Gasteiger partial charge in [0.25, 0.3) is 11.1 Å². The van der Waals surface area contributed by atoms with E-state index in [0.717, 1.165) is 36.6 Å². The predicted molar refractivity (Wildman–Crippen MR) is 104 cm³/mol. The SMILES string of the molecule is Cl.NCC1CCCCC1NC(=O)c1cccc(CN2C(=O)CSC2=O)c1. The van der Waals surface area contributed by atoms with Crippen molar-refractivity contribution in [3.8, 4) is 0 Å². The Labute approximate surface area is 163 Å². The van der Waals surface area contributed by atoms with Gasteiger partial charge in [0.2, 0.25) is 5.91 Å². The van der Waals surface area contributed by atoms with Crippen LogP contribution < -0.4 is 11.1 Å². The van der Waals surface area contributed by atoms with Crippen molar-refractivity contribution in [1.29, 1.82) is 0 Å². The molecule has 3 N–H and O–H groups in total. The molecule has 1 aromatic rings. The lowest BCUT2D eigenvalue weighted by molar-refractivity contribution is -0.125. The first kappa shape index (κ1) is 20.7. The number of carbonyl (C=O) groups excluding carboxylic acids is 3. The molecule has 1 aliphatic heterocycles. The zero-order valence-corrected chi connectivity index (χ0v) is 16.1. The molecular weight excluding hydrogens is 374 g/mol. The second-order valence-electron chi connectivity index (χ2n) is 6.60. The van der Waals surface area contributed by atoms with Crippen LogP contribution in [0.25, 0.3) is 0 Å². The highest BCUT2D eigenvalue weighted by molar-refractivity contribution is 8.14. The summed E-state index contributed by atoms with van der Waals surface area (Å²) in [6.07, 6.45) is 4.29. The van der Waals surface area contributed by atoms with Crippen LogP contribution >= 0.6 is 24.2 Å². The van der Waals surface area contributed by atoms with E-state index in [0.29, 0.717) is 18.0 Å². The summed E-state index contributed by atoms with van der Waals surface area (Å²) in [7, 11) is 0. The van der Waals surface area contributed by atoms with E-state index in [9.17, 15) is 14.4 Å². The topological polar surface area (TPSA) is 92.5 Å². The molecule has 26 heavy (non-hydrogen) atoms. The summed E-state index contributed by atoms with van der Waals surface area (Å²) in [5.41, 5.74) is 7.15. The van der Waals surface area contributed by atoms with Gasteiger partial charge in [0.15, 0.2) is 0 Å². The van der Waals surface area contributed by atoms with Crippen molar-refractivity contribution in [1.82, 2.24) is 10.2 Å². The summed E-state index contributed by atoms with van der Waals surface area (Å²) in [6, 6.07) is 7.22. The Morgan fingerprint density at radius 1 is 1.27 bits per heavy atom. The van der Waals surface area contributed by atoms with Crippen molar-refractivity contribution in [2.24, 2.45) is 11.7 Å². The van der Waals surface area contributed by atoms with E-state index in [1.807, 2.05) is 6.07 Å². The van der Waals surface area contributed by atoms with Gasteiger partial charge in [-0.1, -0.05) is 36.7 Å². The van der Waals surface area contributed by atoms with Crippen molar-refractivity contribution in [2.45, 2.75) is 38.3 Å². The average molecular weight is 398 g/mol. The number of rotatable bonds is 5. The Kier molecular flexibility index (Phi) is 7.49. The molecule has 0 bridgehead atoms. The van der Waals surface area contributed by atoms with Crippen molar-refractivity contribution in [3.63, 3.8) is 0 Å². The first-order valence-corrected chi connectivity index (χ1v) is 9.64. The number of amides is 3. The lowest BCUT2D eigenvalue weighted by atomic mass is 9.84. The van der Waals surface area contributed by atoms with Gasteiger partial charge in [-0.05, 0) is 43.0 Å². The second-order valence-corrected chi connectivity index (χ2v) is 7.52. The molecule has 0 radical (unpaired) electrons. The average Bonchev–Trinajstić information content (AvgIpc) is 2.94. The Bertz CT molecular complexity index is 669.